The van der Waals surface area contributed by atoms with E-state index >= 15 is 0 Å². The second-order valence-electron chi connectivity index (χ2n) is 22.6. The monoisotopic (exact) mass is 765 g/mol. The van der Waals surface area contributed by atoms with Crippen LogP contribution in [0.15, 0.2) is 48.5 Å². The van der Waals surface area contributed by atoms with Crippen LogP contribution < -0.4 is 0 Å². The van der Waals surface area contributed by atoms with Crippen molar-refractivity contribution >= 4 is 0 Å². The van der Waals surface area contributed by atoms with E-state index in [9.17, 15) is 20.4 Å². The molecule has 0 aliphatic heterocycles. The van der Waals surface area contributed by atoms with Crippen LogP contribution in [0.4, 0.5) is 0 Å². The van der Waals surface area contributed by atoms with Crippen molar-refractivity contribution < 1.29 is 20.4 Å². The molecule has 56 heavy (non-hydrogen) atoms. The van der Waals surface area contributed by atoms with Crippen molar-refractivity contribution in [2.45, 2.75) is 184 Å². The van der Waals surface area contributed by atoms with Crippen LogP contribution in [0.25, 0.3) is 0 Å². The van der Waals surface area contributed by atoms with E-state index < -0.39 is 0 Å². The average molecular weight is 765 g/mol. The first-order chi connectivity index (χ1) is 25.0. The fraction of sp³-hybridized carbons (Fsp3) is 0.538. The zero-order valence-electron chi connectivity index (χ0n) is 38.8. The summed E-state index contributed by atoms with van der Waals surface area (Å²) in [5, 5.41) is 43.7. The average Bonchev–Trinajstić information content (AvgIpc) is 2.99. The van der Waals surface area contributed by atoms with Gasteiger partial charge in [0.15, 0.2) is 0 Å². The summed E-state index contributed by atoms with van der Waals surface area (Å²) in [6.45, 7) is 42.5. The van der Waals surface area contributed by atoms with Gasteiger partial charge < -0.3 is 20.4 Å². The van der Waals surface area contributed by atoms with Gasteiger partial charge >= 0.3 is 0 Å². The molecule has 0 saturated carbocycles. The zero-order valence-corrected chi connectivity index (χ0v) is 38.8. The maximum absolute atomic E-state index is 11.1. The van der Waals surface area contributed by atoms with Gasteiger partial charge in [-0.3, -0.25) is 0 Å². The van der Waals surface area contributed by atoms with Gasteiger partial charge in [0, 0.05) is 6.42 Å². The largest absolute Gasteiger partial charge is 0.507 e. The lowest BCUT2D eigenvalue weighted by Gasteiger charge is -2.29. The summed E-state index contributed by atoms with van der Waals surface area (Å²) in [5.74, 6) is 1.52. The smallest absolute Gasteiger partial charge is 0.123 e. The summed E-state index contributed by atoms with van der Waals surface area (Å²) >= 11 is 0. The van der Waals surface area contributed by atoms with Gasteiger partial charge in [-0.1, -0.05) is 184 Å². The molecule has 0 amide bonds. The minimum atomic E-state index is -0.151. The molecule has 4 N–H and O–H groups in total. The highest BCUT2D eigenvalue weighted by Gasteiger charge is 2.29. The normalized spacial score (nSPS) is 13.1. The lowest BCUT2D eigenvalue weighted by atomic mass is 9.76. The Morgan fingerprint density at radius 3 is 0.732 bits per heavy atom. The quantitative estimate of drug-likeness (QED) is 0.167. The van der Waals surface area contributed by atoms with Gasteiger partial charge in [0.25, 0.3) is 0 Å². The van der Waals surface area contributed by atoms with Crippen LogP contribution >= 0.6 is 0 Å². The molecule has 4 aromatic carbocycles. The molecule has 0 spiro atoms. The van der Waals surface area contributed by atoms with Gasteiger partial charge in [0.2, 0.25) is 0 Å². The molecule has 0 atom stereocenters. The van der Waals surface area contributed by atoms with Gasteiger partial charge in [0.1, 0.15) is 23.0 Å². The van der Waals surface area contributed by atoms with E-state index in [-0.39, 0.29) is 32.5 Å². The first kappa shape index (κ1) is 46.5. The van der Waals surface area contributed by atoms with Crippen molar-refractivity contribution in [2.24, 2.45) is 0 Å². The molecule has 0 saturated heterocycles. The fourth-order valence-corrected chi connectivity index (χ4v) is 7.44. The first-order valence-electron chi connectivity index (χ1n) is 20.4. The van der Waals surface area contributed by atoms with Crippen molar-refractivity contribution in [3.8, 4) is 23.0 Å². The van der Waals surface area contributed by atoms with E-state index in [0.29, 0.717) is 29.4 Å². The third-order valence-corrected chi connectivity index (χ3v) is 10.6. The standard InChI is InChI=1S/C29H44O2.C23H32O2/c1-26(2,3)20-14-18(15-21(24(20)30)27(4,5)6)13-19-16-22(28(7,8)9)25(31)23(17-19)29(10,11)12;1-14-9-16(20(24)18(11-14)22(3,4)5)13-17-10-15(2)12-19(21(17)25)23(6,7)8/h14-17,30-31H,13H2,1-12H3;9-12,24-25H,13H2,1-8H3. The van der Waals surface area contributed by atoms with Crippen LogP contribution in [0, 0.1) is 13.8 Å². The number of hydrogen-bond donors (Lipinski definition) is 4. The van der Waals surface area contributed by atoms with E-state index in [1.165, 1.54) is 11.1 Å². The summed E-state index contributed by atoms with van der Waals surface area (Å²) in [7, 11) is 0. The highest BCUT2D eigenvalue weighted by molar-refractivity contribution is 5.55. The molecule has 0 aromatic heterocycles. The predicted molar refractivity (Wildman–Crippen MR) is 240 cm³/mol. The molecule has 0 radical (unpaired) electrons. The predicted octanol–water partition coefficient (Wildman–Crippen LogP) is 13.8. The lowest BCUT2D eigenvalue weighted by Crippen LogP contribution is -2.19. The highest BCUT2D eigenvalue weighted by Crippen LogP contribution is 2.43. The first-order valence-corrected chi connectivity index (χ1v) is 20.4. The molecule has 0 aliphatic rings. The maximum Gasteiger partial charge on any atom is 0.123 e. The Balaban J connectivity index is 0.000000307. The van der Waals surface area contributed by atoms with Gasteiger partial charge in [-0.2, -0.15) is 0 Å². The van der Waals surface area contributed by atoms with Crippen molar-refractivity contribution in [1.29, 1.82) is 0 Å². The Kier molecular flexibility index (Phi) is 13.1. The molecule has 308 valence electrons. The molecular weight excluding hydrogens is 689 g/mol. The topological polar surface area (TPSA) is 80.9 Å². The summed E-state index contributed by atoms with van der Waals surface area (Å²) < 4.78 is 0. The van der Waals surface area contributed by atoms with Crippen LogP contribution in [0.3, 0.4) is 0 Å². The second kappa shape index (κ2) is 15.8. The number of rotatable bonds is 4. The Morgan fingerprint density at radius 2 is 0.518 bits per heavy atom. The molecule has 0 fully saturated rings. The van der Waals surface area contributed by atoms with Crippen molar-refractivity contribution in [1.82, 2.24) is 0 Å². The van der Waals surface area contributed by atoms with E-state index in [2.05, 4.69) is 175 Å². The van der Waals surface area contributed by atoms with E-state index in [1.807, 2.05) is 12.1 Å². The molecule has 0 unspecified atom stereocenters. The molecule has 0 heterocycles. The van der Waals surface area contributed by atoms with E-state index in [4.69, 9.17) is 0 Å². The number of phenols is 4. The SMILES string of the molecule is CC(C)(C)c1cc(Cc2cc(C(C)(C)C)c(O)c(C(C)(C)C)c2)cc(C(C)(C)C)c1O.Cc1cc(Cc2cc(C)cc(C(C)(C)C)c2O)c(O)c(C(C)(C)C)c1. The number of benzene rings is 4. The molecule has 4 heteroatoms. The number of phenolic OH excluding ortho intramolecular Hbond substituents is 4. The molecule has 4 rings (SSSR count). The van der Waals surface area contributed by atoms with Gasteiger partial charge in [-0.15, -0.1) is 0 Å². The van der Waals surface area contributed by atoms with Crippen molar-refractivity contribution in [2.75, 3.05) is 0 Å². The van der Waals surface area contributed by atoms with Gasteiger partial charge in [0.05, 0.1) is 0 Å². The van der Waals surface area contributed by atoms with Crippen molar-refractivity contribution in [3.05, 3.63) is 115 Å². The maximum atomic E-state index is 11.1. The molecule has 4 aromatic rings. The zero-order chi connectivity index (χ0) is 43.3. The summed E-state index contributed by atoms with van der Waals surface area (Å²) in [4.78, 5) is 0. The second-order valence-corrected chi connectivity index (χ2v) is 22.6. The van der Waals surface area contributed by atoms with Crippen LogP contribution in [0.2, 0.25) is 0 Å². The summed E-state index contributed by atoms with van der Waals surface area (Å²) in [6.07, 6.45) is 1.28. The van der Waals surface area contributed by atoms with Gasteiger partial charge in [-0.25, -0.2) is 0 Å². The molecular formula is C52H76O4. The molecule has 4 nitrogen and oxygen atoms in total. The van der Waals surface area contributed by atoms with E-state index in [0.717, 1.165) is 62.1 Å². The lowest BCUT2D eigenvalue weighted by molar-refractivity contribution is 0.422. The molecule has 0 bridgehead atoms. The van der Waals surface area contributed by atoms with E-state index in [1.54, 1.807) is 0 Å². The minimum Gasteiger partial charge on any atom is -0.507 e. The van der Waals surface area contributed by atoms with Crippen LogP contribution in [0.5, 0.6) is 23.0 Å². The van der Waals surface area contributed by atoms with Crippen LogP contribution in [-0.2, 0) is 45.3 Å². The number of aryl methyl sites for hydroxylation is 2. The number of aromatic hydroxyl groups is 4. The third kappa shape index (κ3) is 11.1. The Morgan fingerprint density at radius 1 is 0.304 bits per heavy atom. The van der Waals surface area contributed by atoms with Crippen molar-refractivity contribution in [3.63, 3.8) is 0 Å². The Bertz CT molecular complexity index is 1820. The summed E-state index contributed by atoms with van der Waals surface area (Å²) in [6, 6.07) is 16.8. The minimum absolute atomic E-state index is 0.129. The Labute approximate surface area is 341 Å². The van der Waals surface area contributed by atoms with Crippen LogP contribution in [0.1, 0.15) is 191 Å². The van der Waals surface area contributed by atoms with Gasteiger partial charge in [-0.05, 0) is 108 Å². The summed E-state index contributed by atoms with van der Waals surface area (Å²) in [5.41, 5.74) is 11.4. The fourth-order valence-electron chi connectivity index (χ4n) is 7.44. The molecule has 0 aliphatic carbocycles. The van der Waals surface area contributed by atoms with Crippen LogP contribution in [-0.4, -0.2) is 20.4 Å². The third-order valence-electron chi connectivity index (χ3n) is 10.6. The Hall–Kier alpha value is -3.92. The highest BCUT2D eigenvalue weighted by atomic mass is 16.3. The number of hydrogen-bond acceptors (Lipinski definition) is 4.